The Balaban J connectivity index is 2.00. The molecule has 0 spiro atoms. The van der Waals surface area contributed by atoms with Gasteiger partial charge in [0.1, 0.15) is 12.6 Å². The van der Waals surface area contributed by atoms with E-state index in [0.717, 1.165) is 0 Å². The first-order valence-corrected chi connectivity index (χ1v) is 7.28. The molecule has 1 aromatic carbocycles. The second-order valence-electron chi connectivity index (χ2n) is 5.58. The van der Waals surface area contributed by atoms with Crippen molar-refractivity contribution in [2.45, 2.75) is 32.4 Å². The lowest BCUT2D eigenvalue weighted by atomic mass is 10.0. The van der Waals surface area contributed by atoms with Crippen LogP contribution < -0.4 is 14.8 Å². The zero-order valence-corrected chi connectivity index (χ0v) is 13.0. The number of fused-ring (bicyclic) bond motifs is 1. The van der Waals surface area contributed by atoms with E-state index in [9.17, 15) is 9.59 Å². The summed E-state index contributed by atoms with van der Waals surface area (Å²) in [7, 11) is 1.30. The first-order valence-electron chi connectivity index (χ1n) is 7.28. The lowest BCUT2D eigenvalue weighted by Crippen LogP contribution is -2.50. The van der Waals surface area contributed by atoms with Gasteiger partial charge in [-0.2, -0.15) is 0 Å². The minimum atomic E-state index is -0.783. The molecule has 6 nitrogen and oxygen atoms in total. The number of para-hydroxylation sites is 2. The van der Waals surface area contributed by atoms with Crippen molar-refractivity contribution in [3.63, 3.8) is 0 Å². The highest BCUT2D eigenvalue weighted by molar-refractivity contribution is 5.87. The SMILES string of the molecule is COC(=O)C(CC(C)C)NC(=O)C1COc2ccccc2O1. The fourth-order valence-electron chi connectivity index (χ4n) is 2.24. The molecule has 1 heterocycles. The van der Waals surface area contributed by atoms with Crippen molar-refractivity contribution in [2.75, 3.05) is 13.7 Å². The van der Waals surface area contributed by atoms with Crippen LogP contribution in [0.4, 0.5) is 0 Å². The van der Waals surface area contributed by atoms with Crippen LogP contribution in [0.2, 0.25) is 0 Å². The predicted octanol–water partition coefficient (Wildman–Crippen LogP) is 1.53. The predicted molar refractivity (Wildman–Crippen MR) is 79.8 cm³/mol. The minimum Gasteiger partial charge on any atom is -0.485 e. The van der Waals surface area contributed by atoms with E-state index in [2.05, 4.69) is 5.32 Å². The molecule has 0 fully saturated rings. The van der Waals surface area contributed by atoms with E-state index in [1.807, 2.05) is 19.9 Å². The van der Waals surface area contributed by atoms with Crippen LogP contribution in [0.25, 0.3) is 0 Å². The highest BCUT2D eigenvalue weighted by Crippen LogP contribution is 2.30. The van der Waals surface area contributed by atoms with Crippen molar-refractivity contribution in [1.29, 1.82) is 0 Å². The van der Waals surface area contributed by atoms with Gasteiger partial charge in [0.25, 0.3) is 5.91 Å². The molecule has 22 heavy (non-hydrogen) atoms. The summed E-state index contributed by atoms with van der Waals surface area (Å²) in [5.74, 6) is 0.531. The van der Waals surface area contributed by atoms with Crippen molar-refractivity contribution in [1.82, 2.24) is 5.32 Å². The van der Waals surface area contributed by atoms with Crippen molar-refractivity contribution in [2.24, 2.45) is 5.92 Å². The summed E-state index contributed by atoms with van der Waals surface area (Å²) in [6, 6.07) is 6.47. The lowest BCUT2D eigenvalue weighted by molar-refractivity contribution is -0.147. The Labute approximate surface area is 129 Å². The number of hydrogen-bond donors (Lipinski definition) is 1. The zero-order chi connectivity index (χ0) is 16.1. The third kappa shape index (κ3) is 3.90. The molecule has 0 radical (unpaired) electrons. The van der Waals surface area contributed by atoms with Crippen LogP contribution in [0.5, 0.6) is 11.5 Å². The van der Waals surface area contributed by atoms with Crippen LogP contribution in [0.15, 0.2) is 24.3 Å². The molecule has 1 N–H and O–H groups in total. The number of carbonyl (C=O) groups is 2. The first kappa shape index (κ1) is 16.1. The van der Waals surface area contributed by atoms with Crippen LogP contribution in [0.1, 0.15) is 20.3 Å². The van der Waals surface area contributed by atoms with Gasteiger partial charge >= 0.3 is 5.97 Å². The second-order valence-corrected chi connectivity index (χ2v) is 5.58. The fraction of sp³-hybridized carbons (Fsp3) is 0.500. The average molecular weight is 307 g/mol. The van der Waals surface area contributed by atoms with Crippen LogP contribution >= 0.6 is 0 Å². The standard InChI is InChI=1S/C16H21NO5/c1-10(2)8-11(16(19)20-3)17-15(18)14-9-21-12-6-4-5-7-13(12)22-14/h4-7,10-11,14H,8-9H2,1-3H3,(H,17,18). The summed E-state index contributed by atoms with van der Waals surface area (Å²) in [5.41, 5.74) is 0. The third-order valence-corrected chi connectivity index (χ3v) is 3.31. The Bertz CT molecular complexity index is 543. The summed E-state index contributed by atoms with van der Waals surface area (Å²) in [6.07, 6.45) is -0.281. The van der Waals surface area contributed by atoms with Gasteiger partial charge in [-0.15, -0.1) is 0 Å². The van der Waals surface area contributed by atoms with Crippen molar-refractivity contribution >= 4 is 11.9 Å². The number of methoxy groups -OCH3 is 1. The van der Waals surface area contributed by atoms with Crippen molar-refractivity contribution in [3.8, 4) is 11.5 Å². The Morgan fingerprint density at radius 2 is 2.00 bits per heavy atom. The average Bonchev–Trinajstić information content (AvgIpc) is 2.52. The largest absolute Gasteiger partial charge is 0.485 e. The number of nitrogens with one attached hydrogen (secondary N) is 1. The summed E-state index contributed by atoms with van der Waals surface area (Å²) >= 11 is 0. The van der Waals surface area contributed by atoms with Gasteiger partial charge in [0.05, 0.1) is 7.11 Å². The molecular weight excluding hydrogens is 286 g/mol. The molecule has 1 amide bonds. The number of rotatable bonds is 5. The van der Waals surface area contributed by atoms with E-state index >= 15 is 0 Å². The molecule has 0 aromatic heterocycles. The van der Waals surface area contributed by atoms with E-state index in [1.165, 1.54) is 7.11 Å². The number of benzene rings is 1. The van der Waals surface area contributed by atoms with E-state index in [1.54, 1.807) is 18.2 Å². The number of ether oxygens (including phenoxy) is 3. The van der Waals surface area contributed by atoms with E-state index < -0.39 is 18.1 Å². The normalized spacial score (nSPS) is 17.7. The van der Waals surface area contributed by atoms with Gasteiger partial charge in [0.2, 0.25) is 6.10 Å². The van der Waals surface area contributed by atoms with Crippen LogP contribution in [-0.2, 0) is 14.3 Å². The zero-order valence-electron chi connectivity index (χ0n) is 13.0. The number of esters is 1. The van der Waals surface area contributed by atoms with Crippen LogP contribution in [0, 0.1) is 5.92 Å². The number of hydrogen-bond acceptors (Lipinski definition) is 5. The molecule has 0 aliphatic carbocycles. The maximum Gasteiger partial charge on any atom is 0.328 e. The van der Waals surface area contributed by atoms with Gasteiger partial charge in [-0.25, -0.2) is 4.79 Å². The van der Waals surface area contributed by atoms with Gasteiger partial charge in [-0.05, 0) is 24.5 Å². The summed E-state index contributed by atoms with van der Waals surface area (Å²) in [6.45, 7) is 4.05. The molecule has 2 rings (SSSR count). The molecular formula is C16H21NO5. The molecule has 6 heteroatoms. The first-order chi connectivity index (χ1) is 10.5. The maximum absolute atomic E-state index is 12.3. The van der Waals surface area contributed by atoms with Gasteiger partial charge in [-0.1, -0.05) is 26.0 Å². The topological polar surface area (TPSA) is 73.9 Å². The van der Waals surface area contributed by atoms with Crippen molar-refractivity contribution in [3.05, 3.63) is 24.3 Å². The second kappa shape index (κ2) is 7.15. The fourth-order valence-corrected chi connectivity index (χ4v) is 2.24. The molecule has 2 unspecified atom stereocenters. The monoisotopic (exact) mass is 307 g/mol. The molecule has 2 atom stereocenters. The van der Waals surface area contributed by atoms with E-state index in [0.29, 0.717) is 17.9 Å². The molecule has 0 bridgehead atoms. The Morgan fingerprint density at radius 1 is 1.32 bits per heavy atom. The Kier molecular flexibility index (Phi) is 5.25. The van der Waals surface area contributed by atoms with Gasteiger partial charge < -0.3 is 19.5 Å². The molecule has 0 saturated carbocycles. The van der Waals surface area contributed by atoms with Crippen molar-refractivity contribution < 1.29 is 23.8 Å². The van der Waals surface area contributed by atoms with E-state index in [4.69, 9.17) is 14.2 Å². The molecule has 1 aliphatic rings. The summed E-state index contributed by atoms with van der Waals surface area (Å²) in [5, 5.41) is 2.68. The lowest BCUT2D eigenvalue weighted by Gasteiger charge is -2.27. The van der Waals surface area contributed by atoms with Gasteiger partial charge in [0.15, 0.2) is 11.5 Å². The highest BCUT2D eigenvalue weighted by Gasteiger charge is 2.31. The Morgan fingerprint density at radius 3 is 2.64 bits per heavy atom. The minimum absolute atomic E-state index is 0.110. The third-order valence-electron chi connectivity index (χ3n) is 3.31. The van der Waals surface area contributed by atoms with Gasteiger partial charge in [0, 0.05) is 0 Å². The molecule has 1 aromatic rings. The van der Waals surface area contributed by atoms with Crippen LogP contribution in [0.3, 0.4) is 0 Å². The van der Waals surface area contributed by atoms with Crippen LogP contribution in [-0.4, -0.2) is 37.7 Å². The number of carbonyl (C=O) groups excluding carboxylic acids is 2. The smallest absolute Gasteiger partial charge is 0.328 e. The Hall–Kier alpha value is -2.24. The summed E-state index contributed by atoms with van der Waals surface area (Å²) in [4.78, 5) is 24.1. The van der Waals surface area contributed by atoms with Gasteiger partial charge in [-0.3, -0.25) is 4.79 Å². The quantitative estimate of drug-likeness (QED) is 0.835. The molecule has 120 valence electrons. The molecule has 1 aliphatic heterocycles. The highest BCUT2D eigenvalue weighted by atomic mass is 16.6. The summed E-state index contributed by atoms with van der Waals surface area (Å²) < 4.78 is 15.9. The molecule has 0 saturated heterocycles. The van der Waals surface area contributed by atoms with E-state index in [-0.39, 0.29) is 18.4 Å². The number of amides is 1. The maximum atomic E-state index is 12.3.